The molecule has 0 amide bonds. The molecule has 0 fully saturated rings. The third-order valence-electron chi connectivity index (χ3n) is 0.552. The van der Waals surface area contributed by atoms with Crippen LogP contribution < -0.4 is 0 Å². The van der Waals surface area contributed by atoms with Crippen molar-refractivity contribution in [2.45, 2.75) is 0 Å². The number of rotatable bonds is 0. The Morgan fingerprint density at radius 1 is 0.909 bits per heavy atom. The first-order valence-electron chi connectivity index (χ1n) is 2.72. The zero-order valence-electron chi connectivity index (χ0n) is 6.74. The van der Waals surface area contributed by atoms with Crippen LogP contribution in [-0.2, 0) is 53.8 Å². The third kappa shape index (κ3) is 18.2. The molecule has 0 spiro atoms. The molecule has 0 aromatic heterocycles. The van der Waals surface area contributed by atoms with E-state index in [0.29, 0.717) is 0 Å². The molecule has 0 unspecified atom stereocenters. The van der Waals surface area contributed by atoms with Gasteiger partial charge in [-0.05, 0) is 0 Å². The summed E-state index contributed by atoms with van der Waals surface area (Å²) in [5.74, 6) is 0. The normalized spacial score (nSPS) is 6.00. The summed E-state index contributed by atoms with van der Waals surface area (Å²) in [5.41, 5.74) is 0. The quantitative estimate of drug-likeness (QED) is 0.599. The Morgan fingerprint density at radius 2 is 1.09 bits per heavy atom. The van der Waals surface area contributed by atoms with Crippen LogP contribution in [0, 0.1) is 12.1 Å². The van der Waals surface area contributed by atoms with Crippen LogP contribution in [0.15, 0.2) is 24.3 Å². The minimum absolute atomic E-state index is 0. The fourth-order valence-electron chi connectivity index (χ4n) is 0.304. The average Bonchev–Trinajstić information content (AvgIpc) is 1.93. The first-order chi connectivity index (χ1) is 4.41. The maximum absolute atomic E-state index is 3.50. The molecule has 0 aliphatic heterocycles. The summed E-state index contributed by atoms with van der Waals surface area (Å²) in [5, 5.41) is 3.50. The summed E-state index contributed by atoms with van der Waals surface area (Å²) in [6, 6.07) is 13.0. The molecule has 0 atom stereocenters. The van der Waals surface area contributed by atoms with E-state index in [1.165, 1.54) is 0 Å². The van der Waals surface area contributed by atoms with Crippen molar-refractivity contribution >= 4 is 0 Å². The summed E-state index contributed by atoms with van der Waals surface area (Å²) in [6.45, 7) is 0. The Bertz CT molecular complexity index is 96.9. The van der Waals surface area contributed by atoms with E-state index in [4.69, 9.17) is 0 Å². The van der Waals surface area contributed by atoms with E-state index < -0.39 is 0 Å². The molecular formula is C8H10NWY-3. The van der Waals surface area contributed by atoms with Crippen LogP contribution in [0.2, 0.25) is 0 Å². The van der Waals surface area contributed by atoms with Gasteiger partial charge < -0.3 is 17.4 Å². The number of benzene rings is 1. The van der Waals surface area contributed by atoms with Crippen molar-refractivity contribution < 1.29 is 53.8 Å². The summed E-state index contributed by atoms with van der Waals surface area (Å²) in [4.78, 5) is 0. The minimum Gasteiger partial charge on any atom is -0.668 e. The van der Waals surface area contributed by atoms with Gasteiger partial charge in [0.1, 0.15) is 0 Å². The van der Waals surface area contributed by atoms with E-state index in [1.54, 1.807) is 14.1 Å². The molecule has 3 heteroatoms. The van der Waals surface area contributed by atoms with Crippen molar-refractivity contribution in [2.24, 2.45) is 0 Å². The number of hydrogen-bond acceptors (Lipinski definition) is 0. The van der Waals surface area contributed by atoms with E-state index in [1.807, 2.05) is 24.3 Å². The number of hydrogen-bond donors (Lipinski definition) is 0. The fourth-order valence-corrected chi connectivity index (χ4v) is 0.304. The standard InChI is InChI=1S/C6H4.C2H6N.W.Y/c1-2-4-6-5-3-1;1-3-2;;/h1-2,5-6H;1-2H3;;/q-2;-1;;. The van der Waals surface area contributed by atoms with Gasteiger partial charge in [-0.15, -0.1) is 0 Å². The molecule has 0 aliphatic carbocycles. The summed E-state index contributed by atoms with van der Waals surface area (Å²) >= 11 is 0. The van der Waals surface area contributed by atoms with Gasteiger partial charge in [0.15, 0.2) is 0 Å². The molecule has 0 heterocycles. The minimum atomic E-state index is 0. The van der Waals surface area contributed by atoms with Crippen molar-refractivity contribution in [1.82, 2.24) is 0 Å². The van der Waals surface area contributed by atoms with Crippen LogP contribution in [0.25, 0.3) is 5.32 Å². The second-order valence-corrected chi connectivity index (χ2v) is 1.45. The molecule has 0 bridgehead atoms. The van der Waals surface area contributed by atoms with Crippen LogP contribution in [0.1, 0.15) is 0 Å². The van der Waals surface area contributed by atoms with Gasteiger partial charge in [-0.2, -0.15) is 14.1 Å². The Hall–Kier alpha value is 0.972. The molecule has 11 heavy (non-hydrogen) atoms. The maximum atomic E-state index is 3.50. The molecule has 1 rings (SSSR count). The molecule has 59 valence electrons. The van der Waals surface area contributed by atoms with E-state index in [9.17, 15) is 0 Å². The Balaban J connectivity index is -0.000000116. The van der Waals surface area contributed by atoms with Gasteiger partial charge >= 0.3 is 0 Å². The average molecular weight is 393 g/mol. The van der Waals surface area contributed by atoms with Gasteiger partial charge in [0.05, 0.1) is 0 Å². The smallest absolute Gasteiger partial charge is 0 e. The summed E-state index contributed by atoms with van der Waals surface area (Å²) < 4.78 is 0. The van der Waals surface area contributed by atoms with Crippen molar-refractivity contribution in [3.8, 4) is 0 Å². The first-order valence-corrected chi connectivity index (χ1v) is 2.72. The van der Waals surface area contributed by atoms with Crippen LogP contribution >= 0.6 is 0 Å². The van der Waals surface area contributed by atoms with Crippen LogP contribution in [0.3, 0.4) is 0 Å². The largest absolute Gasteiger partial charge is 0.668 e. The van der Waals surface area contributed by atoms with Crippen LogP contribution in [-0.4, -0.2) is 14.1 Å². The van der Waals surface area contributed by atoms with E-state index in [2.05, 4.69) is 17.4 Å². The molecule has 1 nitrogen and oxygen atoms in total. The molecule has 1 radical (unpaired) electrons. The molecule has 1 aromatic carbocycles. The predicted molar refractivity (Wildman–Crippen MR) is 39.3 cm³/mol. The van der Waals surface area contributed by atoms with Crippen molar-refractivity contribution in [1.29, 1.82) is 0 Å². The number of nitrogens with zero attached hydrogens (tertiary/aromatic N) is 1. The van der Waals surface area contributed by atoms with Gasteiger partial charge in [0.2, 0.25) is 0 Å². The molecule has 0 saturated heterocycles. The van der Waals surface area contributed by atoms with Gasteiger partial charge in [0, 0.05) is 53.8 Å². The summed E-state index contributed by atoms with van der Waals surface area (Å²) in [6.07, 6.45) is 0. The monoisotopic (exact) mass is 393 g/mol. The molecule has 0 aliphatic rings. The Labute approximate surface area is 108 Å². The van der Waals surface area contributed by atoms with E-state index in [-0.39, 0.29) is 53.8 Å². The van der Waals surface area contributed by atoms with Crippen LogP contribution in [0.4, 0.5) is 0 Å². The Kier molecular flexibility index (Phi) is 27.9. The molecular weight excluding hydrogens is 383 g/mol. The fraction of sp³-hybridized carbons (Fsp3) is 0.250. The van der Waals surface area contributed by atoms with E-state index in [0.717, 1.165) is 0 Å². The topological polar surface area (TPSA) is 14.1 Å². The molecule has 0 N–H and O–H groups in total. The second kappa shape index (κ2) is 17.2. The van der Waals surface area contributed by atoms with Gasteiger partial charge in [-0.3, -0.25) is 24.3 Å². The van der Waals surface area contributed by atoms with Gasteiger partial charge in [-0.1, -0.05) is 0 Å². The Morgan fingerprint density at radius 3 is 1.18 bits per heavy atom. The zero-order chi connectivity index (χ0) is 6.95. The summed E-state index contributed by atoms with van der Waals surface area (Å²) in [7, 11) is 3.50. The maximum Gasteiger partial charge on any atom is 0 e. The van der Waals surface area contributed by atoms with Crippen molar-refractivity contribution in [2.75, 3.05) is 14.1 Å². The van der Waals surface area contributed by atoms with E-state index >= 15 is 0 Å². The first kappa shape index (κ1) is 17.9. The van der Waals surface area contributed by atoms with Gasteiger partial charge in [0.25, 0.3) is 0 Å². The second-order valence-electron chi connectivity index (χ2n) is 1.45. The third-order valence-corrected chi connectivity index (χ3v) is 0.552. The predicted octanol–water partition coefficient (Wildman–Crippen LogP) is 1.90. The molecule has 1 aromatic rings. The van der Waals surface area contributed by atoms with Gasteiger partial charge in [-0.25, -0.2) is 0 Å². The SMILES string of the molecule is C[N-]C.[W].[Y].[c-]1cc[c-]cc1. The van der Waals surface area contributed by atoms with Crippen molar-refractivity contribution in [3.63, 3.8) is 0 Å². The zero-order valence-corrected chi connectivity index (χ0v) is 12.5. The van der Waals surface area contributed by atoms with Crippen LogP contribution in [0.5, 0.6) is 0 Å². The molecule has 0 saturated carbocycles. The van der Waals surface area contributed by atoms with Crippen molar-refractivity contribution in [3.05, 3.63) is 41.7 Å².